The van der Waals surface area contributed by atoms with Gasteiger partial charge in [0.1, 0.15) is 10.1 Å². The summed E-state index contributed by atoms with van der Waals surface area (Å²) in [5.74, 6) is 0. The van der Waals surface area contributed by atoms with Gasteiger partial charge < -0.3 is 14.6 Å². The summed E-state index contributed by atoms with van der Waals surface area (Å²) in [7, 11) is -4.52. The third-order valence-corrected chi connectivity index (χ3v) is 6.60. The Morgan fingerprint density at radius 2 is 0.969 bits per heavy atom. The Labute approximate surface area is 210 Å². The van der Waals surface area contributed by atoms with Crippen molar-refractivity contribution in [3.8, 4) is 0 Å². The van der Waals surface area contributed by atoms with E-state index in [1.165, 1.54) is 12.1 Å². The van der Waals surface area contributed by atoms with Crippen molar-refractivity contribution in [1.29, 1.82) is 0 Å². The van der Waals surface area contributed by atoms with Crippen LogP contribution in [-0.2, 0) is 21.2 Å². The SMILES string of the molecule is O=S([O-])c1ccc2cc3cc4cc5ccc(S(=O)(=O)[O-])cc5cc4cc3cc2c1.[Li+].[Li+].[OH-]. The van der Waals surface area contributed by atoms with Crippen LogP contribution in [0.5, 0.6) is 0 Å². The topological polar surface area (TPSA) is 127 Å². The molecule has 5 aromatic carbocycles. The molecule has 0 aromatic heterocycles. The van der Waals surface area contributed by atoms with Gasteiger partial charge in [0.25, 0.3) is 0 Å². The van der Waals surface area contributed by atoms with Crippen LogP contribution in [0.15, 0.2) is 82.6 Å². The second-order valence-corrected chi connectivity index (χ2v) is 9.28. The number of fused-ring (bicyclic) bond motifs is 4. The van der Waals surface area contributed by atoms with Crippen molar-refractivity contribution >= 4 is 64.3 Å². The molecule has 0 heterocycles. The normalized spacial score (nSPS) is 12.2. The van der Waals surface area contributed by atoms with E-state index in [0.717, 1.165) is 37.7 Å². The molecule has 0 radical (unpaired) electrons. The van der Waals surface area contributed by atoms with E-state index in [4.69, 9.17) is 0 Å². The monoisotopic (exact) mass is 451 g/mol. The van der Waals surface area contributed by atoms with Crippen LogP contribution in [0.1, 0.15) is 0 Å². The van der Waals surface area contributed by atoms with Gasteiger partial charge in [0.05, 0.1) is 4.90 Å². The Kier molecular flexibility index (Phi) is 8.02. The first-order valence-corrected chi connectivity index (χ1v) is 11.2. The van der Waals surface area contributed by atoms with Crippen LogP contribution in [0, 0.1) is 0 Å². The molecule has 5 aromatic rings. The van der Waals surface area contributed by atoms with Gasteiger partial charge in [-0.25, -0.2) is 8.42 Å². The largest absolute Gasteiger partial charge is 1.00 e. The number of rotatable bonds is 2. The van der Waals surface area contributed by atoms with Crippen molar-refractivity contribution in [1.82, 2.24) is 0 Å². The number of hydrogen-bond acceptors (Lipinski definition) is 6. The van der Waals surface area contributed by atoms with E-state index >= 15 is 0 Å². The van der Waals surface area contributed by atoms with Gasteiger partial charge in [-0.05, 0) is 115 Å². The molecule has 32 heavy (non-hydrogen) atoms. The molecule has 1 atom stereocenters. The van der Waals surface area contributed by atoms with Crippen molar-refractivity contribution in [3.63, 3.8) is 0 Å². The van der Waals surface area contributed by atoms with Gasteiger partial charge in [0, 0.05) is 4.90 Å². The van der Waals surface area contributed by atoms with Crippen LogP contribution < -0.4 is 37.7 Å². The quantitative estimate of drug-likeness (QED) is 0.136. The van der Waals surface area contributed by atoms with E-state index < -0.39 is 21.2 Å². The zero-order valence-corrected chi connectivity index (χ0v) is 18.9. The van der Waals surface area contributed by atoms with Gasteiger partial charge in [-0.2, -0.15) is 0 Å². The molecule has 0 spiro atoms. The molecule has 10 heteroatoms. The van der Waals surface area contributed by atoms with Crippen LogP contribution in [0.4, 0.5) is 0 Å². The summed E-state index contributed by atoms with van der Waals surface area (Å²) < 4.78 is 56.4. The molecule has 0 bridgehead atoms. The zero-order chi connectivity index (χ0) is 20.3. The predicted octanol–water partition coefficient (Wildman–Crippen LogP) is -1.73. The van der Waals surface area contributed by atoms with Crippen LogP contribution in [-0.4, -0.2) is 27.2 Å². The number of hydrogen-bond donors (Lipinski definition) is 0. The third kappa shape index (κ3) is 4.80. The Balaban J connectivity index is 0.00000121. The molecule has 0 amide bonds. The zero-order valence-electron chi connectivity index (χ0n) is 17.2. The fraction of sp³-hybridized carbons (Fsp3) is 0. The van der Waals surface area contributed by atoms with E-state index in [9.17, 15) is 21.7 Å². The Hall–Kier alpha value is -1.69. The van der Waals surface area contributed by atoms with E-state index in [-0.39, 0.29) is 53.0 Å². The molecule has 1 N–H and O–H groups in total. The van der Waals surface area contributed by atoms with Crippen LogP contribution in [0.3, 0.4) is 0 Å². The summed E-state index contributed by atoms with van der Waals surface area (Å²) in [6.45, 7) is 0. The summed E-state index contributed by atoms with van der Waals surface area (Å²) in [4.78, 5) is -0.0238. The van der Waals surface area contributed by atoms with Crippen molar-refractivity contribution < 1.29 is 64.9 Å². The number of benzene rings is 5. The first-order chi connectivity index (χ1) is 13.8. The van der Waals surface area contributed by atoms with E-state index in [2.05, 4.69) is 0 Å². The maximum atomic E-state index is 11.3. The van der Waals surface area contributed by atoms with Gasteiger partial charge in [-0.15, -0.1) is 0 Å². The van der Waals surface area contributed by atoms with Gasteiger partial charge in [0.2, 0.25) is 0 Å². The van der Waals surface area contributed by atoms with Gasteiger partial charge in [0.15, 0.2) is 0 Å². The van der Waals surface area contributed by atoms with Crippen LogP contribution in [0.2, 0.25) is 0 Å². The summed E-state index contributed by atoms with van der Waals surface area (Å²) in [6, 6.07) is 21.1. The second kappa shape index (κ2) is 9.66. The molecule has 152 valence electrons. The fourth-order valence-corrected chi connectivity index (χ4v) is 4.62. The predicted molar refractivity (Wildman–Crippen MR) is 114 cm³/mol. The average Bonchev–Trinajstić information content (AvgIpc) is 2.67. The van der Waals surface area contributed by atoms with Crippen molar-refractivity contribution in [3.05, 3.63) is 72.8 Å². The maximum Gasteiger partial charge on any atom is 1.00 e. The minimum atomic E-state index is -4.52. The van der Waals surface area contributed by atoms with Gasteiger partial charge in [-0.1, -0.05) is 12.1 Å². The minimum Gasteiger partial charge on any atom is -0.870 e. The van der Waals surface area contributed by atoms with E-state index in [1.54, 1.807) is 24.3 Å². The Morgan fingerprint density at radius 3 is 1.41 bits per heavy atom. The average molecular weight is 451 g/mol. The summed E-state index contributed by atoms with van der Waals surface area (Å²) in [6.07, 6.45) is 0. The second-order valence-electron chi connectivity index (χ2n) is 6.96. The first kappa shape index (κ1) is 26.6. The Bertz CT molecular complexity index is 1620. The minimum absolute atomic E-state index is 0. The summed E-state index contributed by atoms with van der Waals surface area (Å²) in [5, 5.41) is 7.10. The molecule has 0 aliphatic rings. The summed E-state index contributed by atoms with van der Waals surface area (Å²) >= 11 is -2.29. The molecule has 0 saturated carbocycles. The molecule has 0 aliphatic carbocycles. The molecule has 6 nitrogen and oxygen atoms in total. The molecular weight excluding hydrogens is 438 g/mol. The first-order valence-electron chi connectivity index (χ1n) is 8.68. The molecule has 0 aliphatic heterocycles. The van der Waals surface area contributed by atoms with Gasteiger partial charge in [-0.3, -0.25) is 4.21 Å². The Morgan fingerprint density at radius 1 is 0.594 bits per heavy atom. The summed E-state index contributed by atoms with van der Waals surface area (Å²) in [5.41, 5.74) is 0. The van der Waals surface area contributed by atoms with E-state index in [1.807, 2.05) is 36.4 Å². The van der Waals surface area contributed by atoms with Crippen molar-refractivity contribution in [2.75, 3.05) is 0 Å². The smallest absolute Gasteiger partial charge is 0.870 e. The maximum absolute atomic E-state index is 11.3. The molecule has 0 saturated heterocycles. The molecule has 0 fully saturated rings. The standard InChI is InChI=1S/C22H14O5S2.2Li.H2O/c23-28(24)21-3-1-13-5-15-7-16-6-14-2-4-22(29(25,26)27)12-20(14)10-18(16)8-17(15)9-19(13)11-21;;;/h1-12H,(H,23,24)(H,25,26,27);;;1H2/q;2*+1;/p-3. The van der Waals surface area contributed by atoms with Crippen molar-refractivity contribution in [2.24, 2.45) is 0 Å². The van der Waals surface area contributed by atoms with Gasteiger partial charge >= 0.3 is 37.7 Å². The van der Waals surface area contributed by atoms with Crippen LogP contribution >= 0.6 is 0 Å². The molecule has 1 unspecified atom stereocenters. The molecular formula is C22H13Li2O6S2-. The van der Waals surface area contributed by atoms with Crippen molar-refractivity contribution in [2.45, 2.75) is 9.79 Å². The van der Waals surface area contributed by atoms with E-state index in [0.29, 0.717) is 5.39 Å². The fourth-order valence-electron chi connectivity index (χ4n) is 3.72. The third-order valence-electron chi connectivity index (χ3n) is 5.13. The van der Waals surface area contributed by atoms with Crippen LogP contribution in [0.25, 0.3) is 43.1 Å². The molecule has 5 rings (SSSR count).